The molecule has 0 aliphatic carbocycles. The second-order valence-corrected chi connectivity index (χ2v) is 5.62. The normalized spacial score (nSPS) is 11.9. The predicted octanol–water partition coefficient (Wildman–Crippen LogP) is 2.10. The van der Waals surface area contributed by atoms with E-state index in [1.807, 2.05) is 0 Å². The Morgan fingerprint density at radius 2 is 2.00 bits per heavy atom. The molecule has 1 heterocycles. The van der Waals surface area contributed by atoms with E-state index in [2.05, 4.69) is 5.32 Å². The highest BCUT2D eigenvalue weighted by atomic mass is 19.1. The molecule has 3 aromatic rings. The summed E-state index contributed by atoms with van der Waals surface area (Å²) in [6, 6.07) is 13.8. The minimum Gasteiger partial charge on any atom is -0.491 e. The number of aliphatic hydroxyl groups excluding tert-OH is 1. The van der Waals surface area contributed by atoms with Crippen molar-refractivity contribution in [3.8, 4) is 5.75 Å². The smallest absolute Gasteiger partial charge is 0.349 e. The molecule has 0 fully saturated rings. The number of ether oxygens (including phenoxy) is 1. The minimum atomic E-state index is -1.03. The molecule has 1 amide bonds. The molecular formula is C19H16FNO5. The number of benzene rings is 2. The summed E-state index contributed by atoms with van der Waals surface area (Å²) in [6.45, 7) is -0.281. The summed E-state index contributed by atoms with van der Waals surface area (Å²) < 4.78 is 23.4. The number of hydrogen-bond donors (Lipinski definition) is 2. The van der Waals surface area contributed by atoms with Crippen molar-refractivity contribution in [3.63, 3.8) is 0 Å². The molecule has 0 saturated heterocycles. The maximum Gasteiger partial charge on any atom is 0.349 e. The largest absolute Gasteiger partial charge is 0.491 e. The highest BCUT2D eigenvalue weighted by molar-refractivity contribution is 5.96. The van der Waals surface area contributed by atoms with Crippen molar-refractivity contribution in [1.29, 1.82) is 0 Å². The van der Waals surface area contributed by atoms with Crippen LogP contribution in [0.3, 0.4) is 0 Å². The van der Waals surface area contributed by atoms with Crippen LogP contribution in [0.25, 0.3) is 11.0 Å². The lowest BCUT2D eigenvalue weighted by atomic mass is 10.2. The average molecular weight is 357 g/mol. The molecule has 0 aliphatic rings. The SMILES string of the molecule is O=C(NCC(O)COc1cccc(F)c1)c1cc2ccccc2oc1=O. The van der Waals surface area contributed by atoms with E-state index in [1.165, 1.54) is 24.3 Å². The highest BCUT2D eigenvalue weighted by Gasteiger charge is 2.15. The van der Waals surface area contributed by atoms with Gasteiger partial charge in [-0.2, -0.15) is 0 Å². The van der Waals surface area contributed by atoms with Crippen LogP contribution in [0.2, 0.25) is 0 Å². The van der Waals surface area contributed by atoms with E-state index in [4.69, 9.17) is 9.15 Å². The quantitative estimate of drug-likeness (QED) is 0.660. The summed E-state index contributed by atoms with van der Waals surface area (Å²) in [6.07, 6.45) is -1.03. The molecule has 1 atom stereocenters. The molecule has 6 nitrogen and oxygen atoms in total. The molecule has 134 valence electrons. The van der Waals surface area contributed by atoms with Crippen LogP contribution in [0, 0.1) is 5.82 Å². The molecule has 0 radical (unpaired) electrons. The van der Waals surface area contributed by atoms with Crippen molar-refractivity contribution in [2.24, 2.45) is 0 Å². The molecule has 3 rings (SSSR count). The van der Waals surface area contributed by atoms with Gasteiger partial charge in [-0.1, -0.05) is 24.3 Å². The van der Waals surface area contributed by atoms with Crippen molar-refractivity contribution >= 4 is 16.9 Å². The molecule has 2 N–H and O–H groups in total. The molecule has 0 spiro atoms. The van der Waals surface area contributed by atoms with Gasteiger partial charge in [-0.25, -0.2) is 9.18 Å². The third kappa shape index (κ3) is 4.25. The second-order valence-electron chi connectivity index (χ2n) is 5.62. The molecule has 2 aromatic carbocycles. The molecule has 0 bridgehead atoms. The number of carbonyl (C=O) groups excluding carboxylic acids is 1. The molecule has 1 aromatic heterocycles. The molecule has 0 saturated carbocycles. The third-order valence-electron chi connectivity index (χ3n) is 3.62. The first kappa shape index (κ1) is 17.6. The topological polar surface area (TPSA) is 88.8 Å². The van der Waals surface area contributed by atoms with Gasteiger partial charge in [-0.05, 0) is 24.3 Å². The summed E-state index contributed by atoms with van der Waals surface area (Å²) in [5.41, 5.74) is -0.522. The lowest BCUT2D eigenvalue weighted by Crippen LogP contribution is -2.37. The Hall–Kier alpha value is -3.19. The van der Waals surface area contributed by atoms with E-state index in [0.29, 0.717) is 11.0 Å². The van der Waals surface area contributed by atoms with E-state index < -0.39 is 23.5 Å². The zero-order valence-corrected chi connectivity index (χ0v) is 13.6. The number of aliphatic hydroxyl groups is 1. The number of fused-ring (bicyclic) bond motifs is 1. The van der Waals surface area contributed by atoms with Crippen molar-refractivity contribution in [2.75, 3.05) is 13.2 Å². The highest BCUT2D eigenvalue weighted by Crippen LogP contribution is 2.13. The van der Waals surface area contributed by atoms with Gasteiger partial charge >= 0.3 is 5.63 Å². The Bertz CT molecular complexity index is 985. The Kier molecular flexibility index (Phi) is 5.28. The van der Waals surface area contributed by atoms with Crippen LogP contribution in [-0.2, 0) is 0 Å². The van der Waals surface area contributed by atoms with Gasteiger partial charge in [0, 0.05) is 18.0 Å². The second kappa shape index (κ2) is 7.79. The third-order valence-corrected chi connectivity index (χ3v) is 3.62. The van der Waals surface area contributed by atoms with Crippen molar-refractivity contribution in [3.05, 3.63) is 76.4 Å². The molecule has 0 aliphatic heterocycles. The van der Waals surface area contributed by atoms with Gasteiger partial charge < -0.3 is 19.6 Å². The standard InChI is InChI=1S/C19H16FNO5/c20-13-5-3-6-15(9-13)25-11-14(22)10-21-18(23)16-8-12-4-1-2-7-17(12)26-19(16)24/h1-9,14,22H,10-11H2,(H,21,23). The number of para-hydroxylation sites is 1. The van der Waals surface area contributed by atoms with Crippen molar-refractivity contribution in [1.82, 2.24) is 5.32 Å². The van der Waals surface area contributed by atoms with Crippen LogP contribution in [0.5, 0.6) is 5.75 Å². The minimum absolute atomic E-state index is 0.138. The van der Waals surface area contributed by atoms with Crippen LogP contribution in [0.1, 0.15) is 10.4 Å². The zero-order valence-electron chi connectivity index (χ0n) is 13.6. The van der Waals surface area contributed by atoms with Gasteiger partial charge in [-0.15, -0.1) is 0 Å². The number of amides is 1. The Labute approximate surface area is 147 Å². The molecular weight excluding hydrogens is 341 g/mol. The Balaban J connectivity index is 1.58. The van der Waals surface area contributed by atoms with Gasteiger partial charge in [0.05, 0.1) is 0 Å². The van der Waals surface area contributed by atoms with Crippen LogP contribution < -0.4 is 15.7 Å². The number of carbonyl (C=O) groups is 1. The van der Waals surface area contributed by atoms with Crippen LogP contribution >= 0.6 is 0 Å². The summed E-state index contributed by atoms with van der Waals surface area (Å²) in [7, 11) is 0. The van der Waals surface area contributed by atoms with Crippen LogP contribution in [0.15, 0.2) is 63.8 Å². The van der Waals surface area contributed by atoms with Crippen molar-refractivity contribution < 1.29 is 23.4 Å². The predicted molar refractivity (Wildman–Crippen MR) is 92.7 cm³/mol. The van der Waals surface area contributed by atoms with E-state index >= 15 is 0 Å². The van der Waals surface area contributed by atoms with Crippen LogP contribution in [0.4, 0.5) is 4.39 Å². The van der Waals surface area contributed by atoms with Gasteiger partial charge in [0.25, 0.3) is 5.91 Å². The zero-order chi connectivity index (χ0) is 18.5. The number of rotatable bonds is 6. The maximum atomic E-state index is 13.0. The first-order chi connectivity index (χ1) is 12.5. The molecule has 1 unspecified atom stereocenters. The van der Waals surface area contributed by atoms with Gasteiger partial charge in [0.1, 0.15) is 35.4 Å². The summed E-state index contributed by atoms with van der Waals surface area (Å²) in [5, 5.41) is 12.9. The molecule has 26 heavy (non-hydrogen) atoms. The first-order valence-electron chi connectivity index (χ1n) is 7.90. The Morgan fingerprint density at radius 1 is 1.19 bits per heavy atom. The Morgan fingerprint density at radius 3 is 2.81 bits per heavy atom. The maximum absolute atomic E-state index is 13.0. The summed E-state index contributed by atoms with van der Waals surface area (Å²) >= 11 is 0. The van der Waals surface area contributed by atoms with E-state index in [9.17, 15) is 19.1 Å². The lowest BCUT2D eigenvalue weighted by Gasteiger charge is -2.13. The van der Waals surface area contributed by atoms with E-state index in [0.717, 1.165) is 0 Å². The number of nitrogens with one attached hydrogen (secondary N) is 1. The lowest BCUT2D eigenvalue weighted by molar-refractivity contribution is 0.0840. The van der Waals surface area contributed by atoms with E-state index in [-0.39, 0.29) is 24.5 Å². The van der Waals surface area contributed by atoms with Gasteiger partial charge in [0.15, 0.2) is 0 Å². The van der Waals surface area contributed by atoms with Crippen molar-refractivity contribution in [2.45, 2.75) is 6.10 Å². The summed E-state index contributed by atoms with van der Waals surface area (Å²) in [4.78, 5) is 24.1. The monoisotopic (exact) mass is 357 g/mol. The fourth-order valence-corrected chi connectivity index (χ4v) is 2.33. The fourth-order valence-electron chi connectivity index (χ4n) is 2.33. The molecule has 7 heteroatoms. The van der Waals surface area contributed by atoms with Gasteiger partial charge in [0.2, 0.25) is 0 Å². The number of halogens is 1. The first-order valence-corrected chi connectivity index (χ1v) is 7.90. The van der Waals surface area contributed by atoms with Gasteiger partial charge in [-0.3, -0.25) is 4.79 Å². The number of hydrogen-bond acceptors (Lipinski definition) is 5. The fraction of sp³-hybridized carbons (Fsp3) is 0.158. The average Bonchev–Trinajstić information content (AvgIpc) is 2.64. The van der Waals surface area contributed by atoms with Crippen LogP contribution in [-0.4, -0.2) is 30.3 Å². The van der Waals surface area contributed by atoms with E-state index in [1.54, 1.807) is 30.3 Å². The summed E-state index contributed by atoms with van der Waals surface area (Å²) in [5.74, 6) is -0.840.